The topological polar surface area (TPSA) is 177 Å². The van der Waals surface area contributed by atoms with Gasteiger partial charge in [0.05, 0.1) is 4.90 Å². The van der Waals surface area contributed by atoms with Gasteiger partial charge >= 0.3 is 0 Å². The molecule has 1 aliphatic rings. The highest BCUT2D eigenvalue weighted by Crippen LogP contribution is 2.45. The predicted molar refractivity (Wildman–Crippen MR) is 149 cm³/mol. The Morgan fingerprint density at radius 3 is 2.33 bits per heavy atom. The van der Waals surface area contributed by atoms with Gasteiger partial charge < -0.3 is 10.7 Å². The van der Waals surface area contributed by atoms with Crippen molar-refractivity contribution >= 4 is 42.7 Å². The smallest absolute Gasteiger partial charge is 0.274 e. The Balaban J connectivity index is 1.69. The highest BCUT2D eigenvalue weighted by molar-refractivity contribution is 7.90. The van der Waals surface area contributed by atoms with E-state index in [2.05, 4.69) is 9.97 Å². The van der Waals surface area contributed by atoms with E-state index in [0.717, 1.165) is 12.7 Å². The summed E-state index contributed by atoms with van der Waals surface area (Å²) in [5, 5.41) is 0.409. The van der Waals surface area contributed by atoms with E-state index in [4.69, 9.17) is 5.73 Å². The average Bonchev–Trinajstić information content (AvgIpc) is 3.35. The number of nitrogens with zero attached hydrogens (tertiary/aromatic N) is 1. The average molecular weight is 582 g/mol. The van der Waals surface area contributed by atoms with Crippen molar-refractivity contribution in [3.63, 3.8) is 0 Å². The molecule has 2 aromatic carbocycles. The van der Waals surface area contributed by atoms with E-state index in [-0.39, 0.29) is 40.0 Å². The quantitative estimate of drug-likeness (QED) is 0.216. The fourth-order valence-corrected chi connectivity index (χ4v) is 7.40. The Labute approximate surface area is 231 Å². The molecule has 10 nitrogen and oxygen atoms in total. The maximum Gasteiger partial charge on any atom is 0.274 e. The van der Waals surface area contributed by atoms with Gasteiger partial charge in [0.1, 0.15) is 10.4 Å². The van der Waals surface area contributed by atoms with Gasteiger partial charge in [0, 0.05) is 46.3 Å². The number of nitrogens with one attached hydrogen (secondary N) is 1. The van der Waals surface area contributed by atoms with Gasteiger partial charge in [-0.05, 0) is 54.3 Å². The summed E-state index contributed by atoms with van der Waals surface area (Å²) in [6, 6.07) is 12.0. The summed E-state index contributed by atoms with van der Waals surface area (Å²) in [7, 11) is -8.09. The van der Waals surface area contributed by atoms with Crippen LogP contribution in [-0.4, -0.2) is 49.3 Å². The number of primary amides is 1. The first-order valence-corrected chi connectivity index (χ1v) is 15.9. The van der Waals surface area contributed by atoms with Crippen molar-refractivity contribution in [2.24, 2.45) is 5.73 Å². The molecule has 208 valence electrons. The third-order valence-electron chi connectivity index (χ3n) is 7.57. The number of rotatable bonds is 7. The molecule has 1 saturated carbocycles. The van der Waals surface area contributed by atoms with Crippen LogP contribution in [0.3, 0.4) is 0 Å². The van der Waals surface area contributed by atoms with Gasteiger partial charge in [-0.1, -0.05) is 37.5 Å². The van der Waals surface area contributed by atoms with Crippen LogP contribution in [0.15, 0.2) is 65.8 Å². The van der Waals surface area contributed by atoms with Gasteiger partial charge in [-0.15, -0.1) is 0 Å². The third kappa shape index (κ3) is 4.82. The van der Waals surface area contributed by atoms with E-state index in [1.807, 2.05) is 0 Å². The number of hydrogen-bond acceptors (Lipinski definition) is 7. The monoisotopic (exact) mass is 581 g/mol. The Hall–Kier alpha value is -3.87. The number of ketones is 1. The molecule has 1 amide bonds. The number of carbonyl (C=O) groups excluding carboxylic acids is 2. The first kappa shape index (κ1) is 27.7. The normalized spacial score (nSPS) is 15.7. The van der Waals surface area contributed by atoms with Crippen LogP contribution >= 0.6 is 0 Å². The summed E-state index contributed by atoms with van der Waals surface area (Å²) in [6.45, 7) is 0. The lowest BCUT2D eigenvalue weighted by Crippen LogP contribution is -2.39. The van der Waals surface area contributed by atoms with E-state index in [1.165, 1.54) is 36.5 Å². The lowest BCUT2D eigenvalue weighted by Gasteiger charge is -2.36. The molecule has 0 aliphatic heterocycles. The number of sulfone groups is 1. The predicted octanol–water partition coefficient (Wildman–Crippen LogP) is 4.01. The number of nitrogens with two attached hydrogens (primary N) is 1. The number of carbonyl (C=O) groups is 2. The van der Waals surface area contributed by atoms with Gasteiger partial charge in [0.25, 0.3) is 10.1 Å². The zero-order chi connectivity index (χ0) is 28.9. The van der Waals surface area contributed by atoms with Gasteiger partial charge in [-0.25, -0.2) is 13.4 Å². The summed E-state index contributed by atoms with van der Waals surface area (Å²) in [5.41, 5.74) is 7.23. The molecule has 2 aromatic heterocycles. The van der Waals surface area contributed by atoms with Crippen LogP contribution in [0.25, 0.3) is 22.2 Å². The Bertz CT molecular complexity index is 1890. The number of benzene rings is 2. The second-order valence-electron chi connectivity index (χ2n) is 10.1. The molecular formula is C28H27N3O7S2. The van der Waals surface area contributed by atoms with Crippen LogP contribution in [0.5, 0.6) is 0 Å². The van der Waals surface area contributed by atoms with Crippen molar-refractivity contribution in [3.8, 4) is 11.1 Å². The molecule has 2 heterocycles. The molecule has 1 aliphatic carbocycles. The molecule has 0 atom stereocenters. The van der Waals surface area contributed by atoms with E-state index in [0.29, 0.717) is 35.0 Å². The summed E-state index contributed by atoms with van der Waals surface area (Å²) < 4.78 is 58.4. The van der Waals surface area contributed by atoms with Crippen molar-refractivity contribution < 1.29 is 31.0 Å². The minimum Gasteiger partial charge on any atom is -0.366 e. The van der Waals surface area contributed by atoms with E-state index in [1.54, 1.807) is 24.4 Å². The number of aromatic nitrogens is 2. The van der Waals surface area contributed by atoms with Crippen LogP contribution in [0.1, 0.15) is 63.9 Å². The molecular weight excluding hydrogens is 554 g/mol. The Morgan fingerprint density at radius 1 is 0.950 bits per heavy atom. The first-order chi connectivity index (χ1) is 18.8. The summed E-state index contributed by atoms with van der Waals surface area (Å²) in [4.78, 5) is 33.6. The van der Waals surface area contributed by atoms with E-state index >= 15 is 0 Å². The van der Waals surface area contributed by atoms with Gasteiger partial charge in [-0.3, -0.25) is 14.1 Å². The molecule has 5 rings (SSSR count). The van der Waals surface area contributed by atoms with E-state index < -0.39 is 36.4 Å². The van der Waals surface area contributed by atoms with Crippen LogP contribution in [0.4, 0.5) is 0 Å². The van der Waals surface area contributed by atoms with Crippen molar-refractivity contribution in [2.45, 2.75) is 41.7 Å². The standard InChI is InChI=1S/C28H27N3O7S2/c1-39(34,35)20-7-5-6-17(12-20)19-14-21-23(16-31-27(21)30-15-19)25(32)22-13-18(26(29)33)8-9-24(22)28(40(36,37)38)10-3-2-4-11-28/h5-9,12-16H,2-4,10-11H2,1H3,(H2,29,33)(H,30,31)(H,36,37,38). The number of fused-ring (bicyclic) bond motifs is 1. The largest absolute Gasteiger partial charge is 0.366 e. The number of H-pyrrole nitrogens is 1. The number of hydrogen-bond donors (Lipinski definition) is 3. The number of amides is 1. The number of aromatic amines is 1. The van der Waals surface area contributed by atoms with Crippen molar-refractivity contribution in [2.75, 3.05) is 6.26 Å². The highest BCUT2D eigenvalue weighted by atomic mass is 32.2. The summed E-state index contributed by atoms with van der Waals surface area (Å²) >= 11 is 0. The Kier molecular flexibility index (Phi) is 6.89. The molecule has 0 unspecified atom stereocenters. The fourth-order valence-electron chi connectivity index (χ4n) is 5.47. The summed E-state index contributed by atoms with van der Waals surface area (Å²) in [6.07, 6.45) is 6.21. The second kappa shape index (κ2) is 9.95. The molecule has 0 bridgehead atoms. The molecule has 12 heteroatoms. The fraction of sp³-hybridized carbons (Fsp3) is 0.250. The van der Waals surface area contributed by atoms with Crippen molar-refractivity contribution in [3.05, 3.63) is 83.2 Å². The zero-order valence-corrected chi connectivity index (χ0v) is 23.2. The minimum atomic E-state index is -4.64. The van der Waals surface area contributed by atoms with Gasteiger partial charge in [0.15, 0.2) is 15.6 Å². The molecule has 4 aromatic rings. The van der Waals surface area contributed by atoms with Gasteiger partial charge in [0.2, 0.25) is 5.91 Å². The lowest BCUT2D eigenvalue weighted by atomic mass is 9.79. The van der Waals surface area contributed by atoms with Crippen LogP contribution in [-0.2, 0) is 24.7 Å². The molecule has 40 heavy (non-hydrogen) atoms. The zero-order valence-electron chi connectivity index (χ0n) is 21.5. The van der Waals surface area contributed by atoms with Crippen LogP contribution < -0.4 is 5.73 Å². The summed E-state index contributed by atoms with van der Waals surface area (Å²) in [5.74, 6) is -1.37. The maximum absolute atomic E-state index is 14.1. The lowest BCUT2D eigenvalue weighted by molar-refractivity contribution is 0.1000. The molecule has 0 radical (unpaired) electrons. The maximum atomic E-state index is 14.1. The minimum absolute atomic E-state index is 0.0182. The third-order valence-corrected chi connectivity index (χ3v) is 10.3. The molecule has 4 N–H and O–H groups in total. The molecule has 1 fully saturated rings. The SMILES string of the molecule is CS(=O)(=O)c1cccc(-c2cnc3[nH]cc(C(=O)c4cc(C(N)=O)ccc4C4(S(=O)(=O)O)CCCCC4)c3c2)c1. The molecule has 0 spiro atoms. The molecule has 0 saturated heterocycles. The number of pyridine rings is 1. The first-order valence-electron chi connectivity index (χ1n) is 12.6. The van der Waals surface area contributed by atoms with Crippen molar-refractivity contribution in [1.82, 2.24) is 9.97 Å². The van der Waals surface area contributed by atoms with Crippen LogP contribution in [0.2, 0.25) is 0 Å². The second-order valence-corrected chi connectivity index (χ2v) is 13.9. The van der Waals surface area contributed by atoms with Crippen molar-refractivity contribution in [1.29, 1.82) is 0 Å². The highest BCUT2D eigenvalue weighted by Gasteiger charge is 2.47. The Morgan fingerprint density at radius 2 is 1.68 bits per heavy atom. The van der Waals surface area contributed by atoms with Gasteiger partial charge in [-0.2, -0.15) is 8.42 Å². The van der Waals surface area contributed by atoms with Crippen LogP contribution in [0, 0.1) is 0 Å². The van der Waals surface area contributed by atoms with E-state index in [9.17, 15) is 31.0 Å².